The van der Waals surface area contributed by atoms with Gasteiger partial charge in [0.1, 0.15) is 21.9 Å². The number of anilines is 4. The maximum Gasteiger partial charge on any atom is 0.337 e. The molecule has 6 aromatic rings. The minimum atomic E-state index is -1.30. The van der Waals surface area contributed by atoms with Crippen LogP contribution in [0.1, 0.15) is 122 Å². The Morgan fingerprint density at radius 3 is 1.27 bits per heavy atom. The molecule has 4 heterocycles. The summed E-state index contributed by atoms with van der Waals surface area (Å²) in [6.45, 7) is 12.4. The molecule has 2 aliphatic heterocycles. The SMILES string of the molecule is COC(=O)c1ccc(NC(=O)[C@@H]2C[C@@H](CC(C)(C)C)[C@@]3(C(=O)Nc4cc(Cl)ncc43)[C@H]2c2cccc(Cl)c2F)cc1.COC(=O)c1ccc(NC(=O)[C@H]2C[C@H](CC(C)(C)C)[C@]3(C(=O)Nc4cc(Cl)ncc43)[C@@H]2c2cccc(Cl)c2F)cc1. The molecule has 2 fully saturated rings. The number of carbonyl (C=O) groups excluding carboxylic acids is 6. The van der Waals surface area contributed by atoms with Crippen LogP contribution in [-0.4, -0.2) is 59.8 Å². The highest BCUT2D eigenvalue weighted by molar-refractivity contribution is 6.31. The number of nitrogens with zero attached hydrogens (tertiary/aromatic N) is 2. The van der Waals surface area contributed by atoms with Crippen molar-refractivity contribution in [1.29, 1.82) is 0 Å². The fraction of sp³-hybridized carbons (Fsp3) is 0.355. The fourth-order valence-corrected chi connectivity index (χ4v) is 13.9. The first kappa shape index (κ1) is 59.6. The third-order valence-corrected chi connectivity index (χ3v) is 17.2. The highest BCUT2D eigenvalue weighted by atomic mass is 35.5. The van der Waals surface area contributed by atoms with Gasteiger partial charge in [-0.3, -0.25) is 19.2 Å². The Kier molecular flexibility index (Phi) is 16.7. The molecule has 8 atom stereocenters. The summed E-state index contributed by atoms with van der Waals surface area (Å²) in [6.07, 6.45) is 4.92. The summed E-state index contributed by atoms with van der Waals surface area (Å²) < 4.78 is 41.2. The summed E-state index contributed by atoms with van der Waals surface area (Å²) in [6, 6.07) is 25.1. The van der Waals surface area contributed by atoms with Crippen LogP contribution in [0.4, 0.5) is 31.5 Å². The zero-order valence-electron chi connectivity index (χ0n) is 46.1. The van der Waals surface area contributed by atoms with Crippen molar-refractivity contribution in [3.05, 3.63) is 175 Å². The maximum atomic E-state index is 15.9. The highest BCUT2D eigenvalue weighted by Gasteiger charge is 2.68. The number of aromatic nitrogens is 2. The molecule has 0 bridgehead atoms. The van der Waals surface area contributed by atoms with Gasteiger partial charge in [-0.15, -0.1) is 0 Å². The quantitative estimate of drug-likeness (QED) is 0.0757. The molecule has 14 nitrogen and oxygen atoms in total. The van der Waals surface area contributed by atoms with Gasteiger partial charge in [0.2, 0.25) is 23.6 Å². The number of amides is 4. The van der Waals surface area contributed by atoms with E-state index in [0.717, 1.165) is 0 Å². The number of ether oxygens (including phenoxy) is 2. The van der Waals surface area contributed by atoms with Gasteiger partial charge in [-0.2, -0.15) is 0 Å². The fourth-order valence-electron chi connectivity index (χ4n) is 13.3. The van der Waals surface area contributed by atoms with Crippen LogP contribution in [0.3, 0.4) is 0 Å². The Labute approximate surface area is 493 Å². The van der Waals surface area contributed by atoms with E-state index in [1.807, 2.05) is 0 Å². The van der Waals surface area contributed by atoms with Gasteiger partial charge in [-0.1, -0.05) is 112 Å². The van der Waals surface area contributed by atoms with Crippen molar-refractivity contribution in [2.24, 2.45) is 34.5 Å². The van der Waals surface area contributed by atoms with E-state index in [1.165, 1.54) is 26.4 Å². The smallest absolute Gasteiger partial charge is 0.337 e. The van der Waals surface area contributed by atoms with E-state index in [4.69, 9.17) is 55.9 Å². The molecular weight excluding hydrogens is 1140 g/mol. The monoisotopic (exact) mass is 1190 g/mol. The summed E-state index contributed by atoms with van der Waals surface area (Å²) in [5, 5.41) is 12.0. The second kappa shape index (κ2) is 23.0. The lowest BCUT2D eigenvalue weighted by atomic mass is 9.62. The third-order valence-electron chi connectivity index (χ3n) is 16.2. The van der Waals surface area contributed by atoms with Crippen LogP contribution in [0.15, 0.2) is 109 Å². The predicted octanol–water partition coefficient (Wildman–Crippen LogP) is 14.0. The topological polar surface area (TPSA) is 195 Å². The van der Waals surface area contributed by atoms with Gasteiger partial charge >= 0.3 is 11.9 Å². The molecule has 2 spiro atoms. The number of nitrogens with one attached hydrogen (secondary N) is 4. The Balaban J connectivity index is 0.000000198. The predicted molar refractivity (Wildman–Crippen MR) is 312 cm³/mol. The van der Waals surface area contributed by atoms with Gasteiger partial charge in [0, 0.05) is 69.9 Å². The number of fused-ring (bicyclic) bond motifs is 4. The molecule has 4 amide bonds. The summed E-state index contributed by atoms with van der Waals surface area (Å²) in [5.74, 6) is -7.82. The zero-order chi connectivity index (χ0) is 59.4. The van der Waals surface area contributed by atoms with E-state index in [1.54, 1.807) is 97.3 Å². The minimum Gasteiger partial charge on any atom is -0.465 e. The Morgan fingerprint density at radius 2 is 0.939 bits per heavy atom. The van der Waals surface area contributed by atoms with Crippen molar-refractivity contribution in [2.45, 2.75) is 89.9 Å². The number of halogens is 6. The van der Waals surface area contributed by atoms with Crippen LogP contribution in [0, 0.1) is 46.1 Å². The Bertz CT molecular complexity index is 3310. The normalized spacial score (nSPS) is 23.3. The Hall–Kier alpha value is -6.98. The average Bonchev–Trinajstić information content (AvgIpc) is 4.27. The summed E-state index contributed by atoms with van der Waals surface area (Å²) in [4.78, 5) is 88.8. The number of carbonyl (C=O) groups is 6. The molecule has 4 aliphatic rings. The second-order valence-electron chi connectivity index (χ2n) is 23.7. The van der Waals surface area contributed by atoms with Crippen LogP contribution >= 0.6 is 46.4 Å². The van der Waals surface area contributed by atoms with E-state index in [9.17, 15) is 28.8 Å². The standard InChI is InChI=1S/2C31H30Cl2FN3O4/c2*1-30(2,3)14-17-12-20(27(38)36-18-10-8-16(9-11-18)28(39)41-4)25(19-6-5-7-22(32)26(19)34)31(17)21-15-35-24(33)13-23(21)37-29(31)40/h2*5-11,13,15,17,20,25H,12,14H2,1-4H3,(H,36,38)(H,37,40)/t2*17-,20+,25-,31-/m10/s1. The van der Waals surface area contributed by atoms with E-state index in [-0.39, 0.29) is 77.8 Å². The molecule has 428 valence electrons. The molecule has 2 aliphatic carbocycles. The number of methoxy groups -OCH3 is 2. The second-order valence-corrected chi connectivity index (χ2v) is 25.3. The van der Waals surface area contributed by atoms with Crippen molar-refractivity contribution < 1.29 is 47.0 Å². The maximum absolute atomic E-state index is 15.9. The van der Waals surface area contributed by atoms with E-state index < -0.39 is 58.1 Å². The number of rotatable bonds is 10. The molecule has 2 saturated carbocycles. The molecule has 4 N–H and O–H groups in total. The van der Waals surface area contributed by atoms with E-state index in [0.29, 0.717) is 70.7 Å². The van der Waals surface area contributed by atoms with Crippen LogP contribution < -0.4 is 21.3 Å². The van der Waals surface area contributed by atoms with Gasteiger partial charge in [-0.25, -0.2) is 28.3 Å². The average molecular weight is 1200 g/mol. The first-order chi connectivity index (χ1) is 38.7. The molecular formula is C62H60Cl4F2N6O8. The summed E-state index contributed by atoms with van der Waals surface area (Å²) in [7, 11) is 2.58. The molecule has 0 unspecified atom stereocenters. The first-order valence-corrected chi connectivity index (χ1v) is 28.1. The Morgan fingerprint density at radius 1 is 0.585 bits per heavy atom. The van der Waals surface area contributed by atoms with Gasteiger partial charge in [-0.05, 0) is 132 Å². The van der Waals surface area contributed by atoms with Crippen molar-refractivity contribution in [2.75, 3.05) is 35.5 Å². The van der Waals surface area contributed by atoms with Crippen LogP contribution in [-0.2, 0) is 39.5 Å². The third kappa shape index (κ3) is 11.1. The van der Waals surface area contributed by atoms with Crippen LogP contribution in [0.2, 0.25) is 20.4 Å². The lowest BCUT2D eigenvalue weighted by Crippen LogP contribution is -2.45. The first-order valence-electron chi connectivity index (χ1n) is 26.5. The molecule has 0 radical (unpaired) electrons. The van der Waals surface area contributed by atoms with E-state index in [2.05, 4.69) is 72.8 Å². The van der Waals surface area contributed by atoms with Gasteiger partial charge < -0.3 is 30.7 Å². The molecule has 10 rings (SSSR count). The van der Waals surface area contributed by atoms with Gasteiger partial charge in [0.15, 0.2) is 0 Å². The summed E-state index contributed by atoms with van der Waals surface area (Å²) >= 11 is 24.9. The summed E-state index contributed by atoms with van der Waals surface area (Å²) in [5.41, 5.74) is 1.08. The van der Waals surface area contributed by atoms with Gasteiger partial charge in [0.25, 0.3) is 0 Å². The number of esters is 2. The van der Waals surface area contributed by atoms with Crippen molar-refractivity contribution in [1.82, 2.24) is 9.97 Å². The van der Waals surface area contributed by atoms with E-state index >= 15 is 8.78 Å². The number of hydrogen-bond donors (Lipinski definition) is 4. The molecule has 4 aromatic carbocycles. The molecule has 2 aromatic heterocycles. The van der Waals surface area contributed by atoms with Gasteiger partial charge in [0.05, 0.1) is 46.2 Å². The van der Waals surface area contributed by atoms with Crippen molar-refractivity contribution in [3.8, 4) is 0 Å². The minimum absolute atomic E-state index is 0.0951. The molecule has 0 saturated heterocycles. The number of hydrogen-bond acceptors (Lipinski definition) is 10. The lowest BCUT2D eigenvalue weighted by Gasteiger charge is -2.38. The van der Waals surface area contributed by atoms with Crippen LogP contribution in [0.25, 0.3) is 0 Å². The zero-order valence-corrected chi connectivity index (χ0v) is 49.1. The van der Waals surface area contributed by atoms with Crippen molar-refractivity contribution >= 4 is 105 Å². The molecule has 82 heavy (non-hydrogen) atoms. The van der Waals surface area contributed by atoms with Crippen molar-refractivity contribution in [3.63, 3.8) is 0 Å². The number of benzene rings is 4. The highest BCUT2D eigenvalue weighted by Crippen LogP contribution is 2.66. The molecule has 20 heteroatoms. The number of pyridine rings is 2. The lowest BCUT2D eigenvalue weighted by molar-refractivity contribution is -0.125. The van der Waals surface area contributed by atoms with Crippen LogP contribution in [0.5, 0.6) is 0 Å². The largest absolute Gasteiger partial charge is 0.465 e.